The number of ether oxygens (including phenoxy) is 1. The van der Waals surface area contributed by atoms with Crippen LogP contribution < -0.4 is 4.74 Å². The van der Waals surface area contributed by atoms with Crippen molar-refractivity contribution in [3.63, 3.8) is 0 Å². The van der Waals surface area contributed by atoms with Gasteiger partial charge in [0.05, 0.1) is 25.0 Å². The standard InChI is InChI=1S/C27H29NO4/c1-3-24(27(31)20-9-14-23(32-2)15-10-20)26(30)16-11-21(25-6-4-5-17-28-25)18-19-7-12-22(29)13-8-19/h3-10,12-15,17-18,24,26-27,29-31H,1,11,16H2,2H3/b21-18-/t24-,26-,27-/m1/s1. The van der Waals surface area contributed by atoms with E-state index in [9.17, 15) is 15.3 Å². The van der Waals surface area contributed by atoms with Crippen LogP contribution in [0.4, 0.5) is 0 Å². The smallest absolute Gasteiger partial charge is 0.118 e. The fraction of sp³-hybridized carbons (Fsp3) is 0.222. The number of aliphatic hydroxyl groups excluding tert-OH is 2. The summed E-state index contributed by atoms with van der Waals surface area (Å²) >= 11 is 0. The number of hydrogen-bond donors (Lipinski definition) is 3. The number of aromatic nitrogens is 1. The lowest BCUT2D eigenvalue weighted by atomic mass is 9.87. The average molecular weight is 432 g/mol. The maximum Gasteiger partial charge on any atom is 0.118 e. The molecule has 5 nitrogen and oxygen atoms in total. The predicted molar refractivity (Wildman–Crippen MR) is 127 cm³/mol. The molecular weight excluding hydrogens is 402 g/mol. The van der Waals surface area contributed by atoms with Gasteiger partial charge in [-0.3, -0.25) is 4.98 Å². The second kappa shape index (κ2) is 11.3. The summed E-state index contributed by atoms with van der Waals surface area (Å²) in [7, 11) is 1.59. The van der Waals surface area contributed by atoms with Gasteiger partial charge in [0.15, 0.2) is 0 Å². The van der Waals surface area contributed by atoms with Crippen LogP contribution >= 0.6 is 0 Å². The van der Waals surface area contributed by atoms with Crippen LogP contribution in [0.3, 0.4) is 0 Å². The maximum atomic E-state index is 10.9. The molecule has 0 bridgehead atoms. The molecule has 3 aromatic rings. The van der Waals surface area contributed by atoms with E-state index in [1.165, 1.54) is 0 Å². The molecule has 1 aromatic heterocycles. The number of pyridine rings is 1. The lowest BCUT2D eigenvalue weighted by Gasteiger charge is -2.25. The Kier molecular flexibility index (Phi) is 8.20. The summed E-state index contributed by atoms with van der Waals surface area (Å²) in [6, 6.07) is 19.8. The maximum absolute atomic E-state index is 10.9. The summed E-state index contributed by atoms with van der Waals surface area (Å²) in [4.78, 5) is 4.45. The Labute approximate surface area is 189 Å². The van der Waals surface area contributed by atoms with Gasteiger partial charge in [0, 0.05) is 12.1 Å². The van der Waals surface area contributed by atoms with Crippen LogP contribution in [0.5, 0.6) is 11.5 Å². The zero-order valence-electron chi connectivity index (χ0n) is 18.1. The summed E-state index contributed by atoms with van der Waals surface area (Å²) < 4.78 is 5.17. The van der Waals surface area contributed by atoms with E-state index >= 15 is 0 Å². The SMILES string of the molecule is C=C[C@H]([C@H](O)CC/C(=C/c1ccc(O)cc1)c1ccccn1)[C@H](O)c1ccc(OC)cc1. The Morgan fingerprint density at radius 3 is 2.34 bits per heavy atom. The minimum Gasteiger partial charge on any atom is -0.508 e. The highest BCUT2D eigenvalue weighted by Gasteiger charge is 2.26. The van der Waals surface area contributed by atoms with Crippen molar-refractivity contribution < 1.29 is 20.1 Å². The minimum absolute atomic E-state index is 0.207. The van der Waals surface area contributed by atoms with Crippen molar-refractivity contribution in [2.24, 2.45) is 5.92 Å². The van der Waals surface area contributed by atoms with Crippen LogP contribution in [0.15, 0.2) is 85.6 Å². The molecule has 0 aliphatic rings. The van der Waals surface area contributed by atoms with Crippen molar-refractivity contribution in [2.45, 2.75) is 25.0 Å². The summed E-state index contributed by atoms with van der Waals surface area (Å²) in [6.07, 6.45) is 4.63. The quantitative estimate of drug-likeness (QED) is 0.393. The van der Waals surface area contributed by atoms with Crippen molar-refractivity contribution in [1.82, 2.24) is 4.98 Å². The van der Waals surface area contributed by atoms with Crippen LogP contribution in [0.1, 0.15) is 35.8 Å². The first-order valence-electron chi connectivity index (χ1n) is 10.6. The molecule has 0 fully saturated rings. The van der Waals surface area contributed by atoms with Gasteiger partial charge < -0.3 is 20.1 Å². The lowest BCUT2D eigenvalue weighted by Crippen LogP contribution is -2.25. The molecule has 32 heavy (non-hydrogen) atoms. The monoisotopic (exact) mass is 431 g/mol. The van der Waals surface area contributed by atoms with Gasteiger partial charge in [-0.1, -0.05) is 36.4 Å². The summed E-state index contributed by atoms with van der Waals surface area (Å²) in [5.41, 5.74) is 3.39. The normalized spacial score (nSPS) is 14.4. The number of phenolic OH excluding ortho intramolecular Hbond substituents is 1. The predicted octanol–water partition coefficient (Wildman–Crippen LogP) is 5.01. The molecule has 3 rings (SSSR count). The number of allylic oxidation sites excluding steroid dienone is 1. The molecule has 0 aliphatic heterocycles. The fourth-order valence-electron chi connectivity index (χ4n) is 3.61. The second-order valence-electron chi connectivity index (χ2n) is 7.61. The molecule has 0 saturated heterocycles. The molecule has 3 atom stereocenters. The number of hydrogen-bond acceptors (Lipinski definition) is 5. The number of benzene rings is 2. The number of phenols is 1. The van der Waals surface area contributed by atoms with Crippen LogP contribution in [-0.4, -0.2) is 33.5 Å². The zero-order valence-corrected chi connectivity index (χ0v) is 18.1. The van der Waals surface area contributed by atoms with Crippen molar-refractivity contribution in [3.05, 3.63) is 102 Å². The number of nitrogens with zero attached hydrogens (tertiary/aromatic N) is 1. The van der Waals surface area contributed by atoms with Crippen LogP contribution in [0, 0.1) is 5.92 Å². The second-order valence-corrected chi connectivity index (χ2v) is 7.61. The van der Waals surface area contributed by atoms with Gasteiger partial charge in [0.2, 0.25) is 0 Å². The Balaban J connectivity index is 1.76. The van der Waals surface area contributed by atoms with E-state index in [1.54, 1.807) is 55.8 Å². The first-order valence-corrected chi connectivity index (χ1v) is 10.6. The molecule has 1 heterocycles. The van der Waals surface area contributed by atoms with E-state index in [0.717, 1.165) is 16.8 Å². The third kappa shape index (κ3) is 6.06. The Hall–Kier alpha value is -3.41. The van der Waals surface area contributed by atoms with Gasteiger partial charge in [-0.25, -0.2) is 0 Å². The number of aromatic hydroxyl groups is 1. The number of aliphatic hydroxyl groups is 2. The molecule has 5 heteroatoms. The molecular formula is C27H29NO4. The molecule has 0 unspecified atom stereocenters. The zero-order chi connectivity index (χ0) is 22.9. The van der Waals surface area contributed by atoms with E-state index in [1.807, 2.05) is 36.4 Å². The van der Waals surface area contributed by atoms with E-state index < -0.39 is 18.1 Å². The minimum atomic E-state index is -0.882. The molecule has 0 spiro atoms. The Morgan fingerprint density at radius 2 is 1.75 bits per heavy atom. The Bertz CT molecular complexity index is 1010. The number of rotatable bonds is 10. The molecule has 0 saturated carbocycles. The molecule has 0 amide bonds. The van der Waals surface area contributed by atoms with Gasteiger partial charge in [-0.05, 0) is 72.0 Å². The first-order chi connectivity index (χ1) is 15.5. The summed E-state index contributed by atoms with van der Waals surface area (Å²) in [5, 5.41) is 31.3. The van der Waals surface area contributed by atoms with Crippen molar-refractivity contribution in [1.29, 1.82) is 0 Å². The topological polar surface area (TPSA) is 82.8 Å². The molecule has 3 N–H and O–H groups in total. The van der Waals surface area contributed by atoms with Crippen LogP contribution in [0.2, 0.25) is 0 Å². The van der Waals surface area contributed by atoms with E-state index in [4.69, 9.17) is 4.74 Å². The number of methoxy groups -OCH3 is 1. The van der Waals surface area contributed by atoms with E-state index in [0.29, 0.717) is 24.2 Å². The van der Waals surface area contributed by atoms with Crippen molar-refractivity contribution in [2.75, 3.05) is 7.11 Å². The van der Waals surface area contributed by atoms with Gasteiger partial charge in [-0.2, -0.15) is 0 Å². The lowest BCUT2D eigenvalue weighted by molar-refractivity contribution is 0.0325. The van der Waals surface area contributed by atoms with Gasteiger partial charge in [-0.15, -0.1) is 6.58 Å². The highest BCUT2D eigenvalue weighted by atomic mass is 16.5. The van der Waals surface area contributed by atoms with E-state index in [2.05, 4.69) is 11.6 Å². The highest BCUT2D eigenvalue weighted by Crippen LogP contribution is 2.31. The van der Waals surface area contributed by atoms with Crippen molar-refractivity contribution >= 4 is 11.6 Å². The molecule has 0 radical (unpaired) electrons. The van der Waals surface area contributed by atoms with Gasteiger partial charge in [0.25, 0.3) is 0 Å². The van der Waals surface area contributed by atoms with E-state index in [-0.39, 0.29) is 5.75 Å². The summed E-state index contributed by atoms with van der Waals surface area (Å²) in [5.74, 6) is 0.386. The van der Waals surface area contributed by atoms with Gasteiger partial charge >= 0.3 is 0 Å². The van der Waals surface area contributed by atoms with Crippen LogP contribution in [0.25, 0.3) is 11.6 Å². The third-order valence-electron chi connectivity index (χ3n) is 5.48. The Morgan fingerprint density at radius 1 is 1.03 bits per heavy atom. The largest absolute Gasteiger partial charge is 0.508 e. The van der Waals surface area contributed by atoms with Gasteiger partial charge in [0.1, 0.15) is 11.5 Å². The van der Waals surface area contributed by atoms with Crippen LogP contribution in [-0.2, 0) is 0 Å². The molecule has 166 valence electrons. The van der Waals surface area contributed by atoms with Crippen molar-refractivity contribution in [3.8, 4) is 11.5 Å². The molecule has 2 aromatic carbocycles. The summed E-state index contributed by atoms with van der Waals surface area (Å²) in [6.45, 7) is 3.83. The third-order valence-corrected chi connectivity index (χ3v) is 5.48. The first kappa shape index (κ1) is 23.3. The highest BCUT2D eigenvalue weighted by molar-refractivity contribution is 5.80. The average Bonchev–Trinajstić information content (AvgIpc) is 2.84. The molecule has 0 aliphatic carbocycles. The fourth-order valence-corrected chi connectivity index (χ4v) is 3.61.